The smallest absolute Gasteiger partial charge is 0.338 e. The fraction of sp³-hybridized carbons (Fsp3) is 0.219. The zero-order valence-corrected chi connectivity index (χ0v) is 23.8. The molecule has 6 rings (SSSR count). The summed E-state index contributed by atoms with van der Waals surface area (Å²) in [7, 11) is 3.62. The van der Waals surface area contributed by atoms with Gasteiger partial charge in [0.1, 0.15) is 11.8 Å². The van der Waals surface area contributed by atoms with Crippen molar-refractivity contribution in [3.05, 3.63) is 108 Å². The van der Waals surface area contributed by atoms with Crippen LogP contribution in [0.5, 0.6) is 5.75 Å². The molecule has 0 aliphatic carbocycles. The number of aromatic nitrogens is 2. The summed E-state index contributed by atoms with van der Waals surface area (Å²) in [4.78, 5) is 33.0. The van der Waals surface area contributed by atoms with E-state index in [1.807, 2.05) is 61.7 Å². The second-order valence-electron chi connectivity index (χ2n) is 9.78. The van der Waals surface area contributed by atoms with Gasteiger partial charge in [0.05, 0.1) is 29.5 Å². The Balaban J connectivity index is 1.69. The van der Waals surface area contributed by atoms with Crippen molar-refractivity contribution in [2.24, 2.45) is 12.0 Å². The first-order chi connectivity index (χ1) is 19.3. The van der Waals surface area contributed by atoms with Crippen molar-refractivity contribution >= 4 is 45.1 Å². The van der Waals surface area contributed by atoms with Gasteiger partial charge in [-0.3, -0.25) is 9.36 Å². The van der Waals surface area contributed by atoms with Gasteiger partial charge in [0.25, 0.3) is 5.56 Å². The molecule has 2 aromatic heterocycles. The van der Waals surface area contributed by atoms with Gasteiger partial charge < -0.3 is 14.0 Å². The van der Waals surface area contributed by atoms with Gasteiger partial charge in [-0.15, -0.1) is 0 Å². The van der Waals surface area contributed by atoms with Crippen LogP contribution in [0, 0.1) is 6.92 Å². The van der Waals surface area contributed by atoms with Crippen LogP contribution in [-0.2, 0) is 16.6 Å². The molecule has 0 bridgehead atoms. The van der Waals surface area contributed by atoms with Crippen molar-refractivity contribution in [1.29, 1.82) is 0 Å². The van der Waals surface area contributed by atoms with E-state index in [0.29, 0.717) is 26.4 Å². The Bertz CT molecular complexity index is 2040. The SMILES string of the molecule is CCOC(=O)C1=C(C)N=c2s/c(=C\c3c(C)n(C)c4ccccc34)c(=O)n2[C@@H]1c1c(OC)ccc2ccccc12. The van der Waals surface area contributed by atoms with E-state index in [1.54, 1.807) is 25.5 Å². The van der Waals surface area contributed by atoms with Crippen LogP contribution in [0.1, 0.15) is 36.7 Å². The zero-order chi connectivity index (χ0) is 28.1. The van der Waals surface area contributed by atoms with Crippen LogP contribution in [-0.4, -0.2) is 28.8 Å². The third-order valence-corrected chi connectivity index (χ3v) is 8.65. The summed E-state index contributed by atoms with van der Waals surface area (Å²) in [6, 6.07) is 19.1. The molecule has 0 amide bonds. The Morgan fingerprint density at radius 2 is 1.77 bits per heavy atom. The van der Waals surface area contributed by atoms with Gasteiger partial charge in [0.2, 0.25) is 0 Å². The lowest BCUT2D eigenvalue weighted by atomic mass is 9.90. The Hall–Kier alpha value is -4.43. The van der Waals surface area contributed by atoms with E-state index in [0.717, 1.165) is 38.5 Å². The molecule has 7 nitrogen and oxygen atoms in total. The molecule has 0 unspecified atom stereocenters. The molecule has 0 N–H and O–H groups in total. The number of hydrogen-bond donors (Lipinski definition) is 0. The highest BCUT2D eigenvalue weighted by Gasteiger charge is 2.36. The highest BCUT2D eigenvalue weighted by molar-refractivity contribution is 7.07. The topological polar surface area (TPSA) is 74.8 Å². The molecule has 1 aliphatic heterocycles. The minimum atomic E-state index is -0.771. The van der Waals surface area contributed by atoms with Gasteiger partial charge in [-0.2, -0.15) is 0 Å². The first-order valence-electron chi connectivity index (χ1n) is 13.1. The number of thiazole rings is 1. The summed E-state index contributed by atoms with van der Waals surface area (Å²) < 4.78 is 15.6. The van der Waals surface area contributed by atoms with Gasteiger partial charge >= 0.3 is 5.97 Å². The number of carbonyl (C=O) groups excluding carboxylic acids is 1. The second-order valence-corrected chi connectivity index (χ2v) is 10.8. The van der Waals surface area contributed by atoms with Gasteiger partial charge in [-0.1, -0.05) is 59.9 Å². The van der Waals surface area contributed by atoms with E-state index >= 15 is 0 Å². The first-order valence-corrected chi connectivity index (χ1v) is 14.0. The number of nitrogens with zero attached hydrogens (tertiary/aromatic N) is 3. The van der Waals surface area contributed by atoms with E-state index in [4.69, 9.17) is 14.5 Å². The molecule has 8 heteroatoms. The molecule has 0 radical (unpaired) electrons. The Kier molecular flexibility index (Phi) is 6.43. The monoisotopic (exact) mass is 551 g/mol. The van der Waals surface area contributed by atoms with Crippen molar-refractivity contribution in [2.45, 2.75) is 26.8 Å². The number of benzene rings is 3. The highest BCUT2D eigenvalue weighted by Crippen LogP contribution is 2.40. The van der Waals surface area contributed by atoms with Crippen LogP contribution >= 0.6 is 11.3 Å². The van der Waals surface area contributed by atoms with E-state index in [9.17, 15) is 9.59 Å². The van der Waals surface area contributed by atoms with Crippen molar-refractivity contribution in [3.8, 4) is 5.75 Å². The minimum absolute atomic E-state index is 0.208. The lowest BCUT2D eigenvalue weighted by Crippen LogP contribution is -2.40. The van der Waals surface area contributed by atoms with Crippen molar-refractivity contribution < 1.29 is 14.3 Å². The maximum atomic E-state index is 14.3. The summed E-state index contributed by atoms with van der Waals surface area (Å²) in [5.74, 6) is 0.0857. The molecule has 5 aromatic rings. The fourth-order valence-electron chi connectivity index (χ4n) is 5.66. The lowest BCUT2D eigenvalue weighted by molar-refractivity contribution is -0.139. The second kappa shape index (κ2) is 9.95. The molecule has 0 saturated carbocycles. The molecule has 3 aromatic carbocycles. The number of carbonyl (C=O) groups is 1. The van der Waals surface area contributed by atoms with Crippen LogP contribution in [0.4, 0.5) is 0 Å². The zero-order valence-electron chi connectivity index (χ0n) is 23.0. The first kappa shape index (κ1) is 25.8. The third kappa shape index (κ3) is 3.90. The Morgan fingerprint density at radius 3 is 2.52 bits per heavy atom. The van der Waals surface area contributed by atoms with Gasteiger partial charge in [0, 0.05) is 34.8 Å². The van der Waals surface area contributed by atoms with Crippen LogP contribution in [0.15, 0.2) is 81.7 Å². The molecule has 0 spiro atoms. The normalized spacial score (nSPS) is 15.4. The number of esters is 1. The van der Waals surface area contributed by atoms with E-state index in [2.05, 4.69) is 23.6 Å². The highest BCUT2D eigenvalue weighted by atomic mass is 32.1. The average molecular weight is 552 g/mol. The van der Waals surface area contributed by atoms with Crippen LogP contribution in [0.3, 0.4) is 0 Å². The summed E-state index contributed by atoms with van der Waals surface area (Å²) in [5, 5.41) is 2.94. The summed E-state index contributed by atoms with van der Waals surface area (Å²) >= 11 is 1.32. The van der Waals surface area contributed by atoms with E-state index in [-0.39, 0.29) is 12.2 Å². The van der Waals surface area contributed by atoms with Crippen molar-refractivity contribution in [2.75, 3.05) is 13.7 Å². The fourth-order valence-corrected chi connectivity index (χ4v) is 6.69. The van der Waals surface area contributed by atoms with Crippen LogP contribution in [0.25, 0.3) is 27.8 Å². The third-order valence-electron chi connectivity index (χ3n) is 7.66. The van der Waals surface area contributed by atoms with Gasteiger partial charge in [0.15, 0.2) is 4.80 Å². The van der Waals surface area contributed by atoms with Crippen molar-refractivity contribution in [3.63, 3.8) is 0 Å². The average Bonchev–Trinajstić information content (AvgIpc) is 3.40. The quantitative estimate of drug-likeness (QED) is 0.295. The predicted molar refractivity (Wildman–Crippen MR) is 159 cm³/mol. The van der Waals surface area contributed by atoms with Crippen LogP contribution in [0.2, 0.25) is 0 Å². The van der Waals surface area contributed by atoms with Gasteiger partial charge in [-0.25, -0.2) is 9.79 Å². The maximum absolute atomic E-state index is 14.3. The Labute approximate surface area is 234 Å². The number of methoxy groups -OCH3 is 1. The van der Waals surface area contributed by atoms with Crippen molar-refractivity contribution in [1.82, 2.24) is 9.13 Å². The summed E-state index contributed by atoms with van der Waals surface area (Å²) in [6.45, 7) is 5.82. The van der Waals surface area contributed by atoms with Gasteiger partial charge in [-0.05, 0) is 49.8 Å². The molecular formula is C32H29N3O4S. The molecule has 3 heterocycles. The Morgan fingerprint density at radius 1 is 1.05 bits per heavy atom. The number of ether oxygens (including phenoxy) is 2. The van der Waals surface area contributed by atoms with E-state index < -0.39 is 12.0 Å². The molecule has 40 heavy (non-hydrogen) atoms. The lowest BCUT2D eigenvalue weighted by Gasteiger charge is -2.27. The number of fused-ring (bicyclic) bond motifs is 3. The number of aryl methyl sites for hydroxylation is 1. The molecule has 0 saturated heterocycles. The summed E-state index contributed by atoms with van der Waals surface area (Å²) in [6.07, 6.45) is 1.95. The standard InChI is InChI=1S/C32H29N3O4S/c1-6-39-31(37)27-18(2)33-32-35(29(27)28-21-12-8-7-11-20(21)15-16-25(28)38-5)30(36)26(40-32)17-23-19(3)34(4)24-14-10-9-13-22(23)24/h7-17,29H,6H2,1-5H3/b26-17-/t29-/m0/s1. The molecule has 0 fully saturated rings. The molecular weight excluding hydrogens is 522 g/mol. The number of hydrogen-bond acceptors (Lipinski definition) is 6. The minimum Gasteiger partial charge on any atom is -0.496 e. The maximum Gasteiger partial charge on any atom is 0.338 e. The number of rotatable bonds is 5. The predicted octanol–water partition coefficient (Wildman–Crippen LogP) is 4.76. The largest absolute Gasteiger partial charge is 0.496 e. The molecule has 1 atom stereocenters. The van der Waals surface area contributed by atoms with E-state index in [1.165, 1.54) is 11.3 Å². The van der Waals surface area contributed by atoms with Crippen LogP contribution < -0.4 is 19.6 Å². The number of allylic oxidation sites excluding steroid dienone is 1. The molecule has 202 valence electrons. The number of para-hydroxylation sites is 1. The summed E-state index contributed by atoms with van der Waals surface area (Å²) in [5.41, 5.74) is 4.51. The molecule has 1 aliphatic rings.